The van der Waals surface area contributed by atoms with Gasteiger partial charge in [-0.1, -0.05) is 6.08 Å². The van der Waals surface area contributed by atoms with E-state index in [0.717, 1.165) is 0 Å². The Kier molecular flexibility index (Phi) is 6.50. The number of rotatable bonds is 6. The Morgan fingerprint density at radius 3 is 1.84 bits per heavy atom. The van der Waals surface area contributed by atoms with Crippen LogP contribution in [0.4, 0.5) is 26.3 Å². The van der Waals surface area contributed by atoms with Gasteiger partial charge >= 0.3 is 12.4 Å². The molecule has 142 valence electrons. The van der Waals surface area contributed by atoms with E-state index in [4.69, 9.17) is 0 Å². The van der Waals surface area contributed by atoms with Crippen LogP contribution < -0.4 is 4.72 Å². The van der Waals surface area contributed by atoms with Crippen molar-refractivity contribution in [3.8, 4) is 0 Å². The summed E-state index contributed by atoms with van der Waals surface area (Å²) in [6.07, 6.45) is -8.50. The molecule has 0 spiro atoms. The van der Waals surface area contributed by atoms with Gasteiger partial charge in [0.15, 0.2) is 0 Å². The van der Waals surface area contributed by atoms with Crippen molar-refractivity contribution < 1.29 is 30.6 Å². The van der Waals surface area contributed by atoms with Crippen molar-refractivity contribution in [2.75, 3.05) is 7.05 Å². The number of alkyl halides is 6. The molecule has 1 rings (SSSR count). The normalized spacial score (nSPS) is 15.7. The quantitative estimate of drug-likeness (QED) is 0.537. The summed E-state index contributed by atoms with van der Waals surface area (Å²) in [6, 6.07) is 1.44. The summed E-state index contributed by atoms with van der Waals surface area (Å²) < 4.78 is 91.5. The predicted octanol–water partition coefficient (Wildman–Crippen LogP) is 5.05. The molecule has 2 nitrogen and oxygen atoms in total. The van der Waals surface area contributed by atoms with Crippen LogP contribution in [0, 0.1) is 0 Å². The second-order valence-electron chi connectivity index (χ2n) is 6.12. The highest BCUT2D eigenvalue weighted by molar-refractivity contribution is 7.84. The third-order valence-electron chi connectivity index (χ3n) is 3.72. The molecule has 1 N–H and O–H groups in total. The summed E-state index contributed by atoms with van der Waals surface area (Å²) in [5.41, 5.74) is -2.92. The van der Waals surface area contributed by atoms with Crippen LogP contribution >= 0.6 is 0 Å². The number of halogens is 6. The fraction of sp³-hybridized carbons (Fsp3) is 0.500. The van der Waals surface area contributed by atoms with Crippen molar-refractivity contribution in [1.82, 2.24) is 4.72 Å². The van der Waals surface area contributed by atoms with Gasteiger partial charge in [-0.2, -0.15) is 26.3 Å². The van der Waals surface area contributed by atoms with Gasteiger partial charge in [0, 0.05) is 5.92 Å². The highest BCUT2D eigenvalue weighted by Gasteiger charge is 2.38. The summed E-state index contributed by atoms with van der Waals surface area (Å²) in [4.78, 5) is 0. The van der Waals surface area contributed by atoms with Gasteiger partial charge in [0.05, 0.1) is 26.9 Å². The Morgan fingerprint density at radius 2 is 1.52 bits per heavy atom. The number of hydrogen-bond donors (Lipinski definition) is 1. The van der Waals surface area contributed by atoms with E-state index < -0.39 is 45.1 Å². The summed E-state index contributed by atoms with van der Waals surface area (Å²) in [7, 11) is -0.0692. The van der Waals surface area contributed by atoms with Crippen molar-refractivity contribution in [3.05, 3.63) is 47.5 Å². The second-order valence-corrected chi connectivity index (χ2v) is 8.17. The van der Waals surface area contributed by atoms with E-state index in [1.807, 2.05) is 0 Å². The second kappa shape index (κ2) is 7.49. The molecule has 1 aromatic carbocycles. The van der Waals surface area contributed by atoms with Crippen LogP contribution in [0.3, 0.4) is 0 Å². The SMILES string of the molecule is C=C[C@H](CC(C)(C)S(=O)NC)c1cc(C(F)(F)F)cc(C(F)(F)F)c1. The maximum absolute atomic E-state index is 13.0. The lowest BCUT2D eigenvalue weighted by molar-refractivity contribution is -0.143. The standard InChI is InChI=1S/C16H19F6NOS/c1-5-10(9-14(2,3)25(24)23-4)11-6-12(15(17,18)19)8-13(7-11)16(20,21)22/h5-8,10,23H,1,9H2,2-4H3/t10-,25?/m1/s1. The largest absolute Gasteiger partial charge is 0.416 e. The monoisotopic (exact) mass is 387 g/mol. The lowest BCUT2D eigenvalue weighted by atomic mass is 9.88. The van der Waals surface area contributed by atoms with Gasteiger partial charge in [-0.15, -0.1) is 6.58 Å². The Hall–Kier alpha value is -1.35. The van der Waals surface area contributed by atoms with Gasteiger partial charge in [0.1, 0.15) is 0 Å². The lowest BCUT2D eigenvalue weighted by Gasteiger charge is -2.28. The topological polar surface area (TPSA) is 29.1 Å². The Morgan fingerprint density at radius 1 is 1.08 bits per heavy atom. The van der Waals surface area contributed by atoms with Crippen LogP contribution in [0.5, 0.6) is 0 Å². The van der Waals surface area contributed by atoms with Crippen LogP contribution in [0.15, 0.2) is 30.9 Å². The van der Waals surface area contributed by atoms with E-state index in [0.29, 0.717) is 12.1 Å². The molecule has 0 radical (unpaired) electrons. The van der Waals surface area contributed by atoms with Crippen molar-refractivity contribution in [2.24, 2.45) is 0 Å². The molecular formula is C16H19F6NOS. The Bertz CT molecular complexity index is 619. The molecule has 0 saturated heterocycles. The summed E-state index contributed by atoms with van der Waals surface area (Å²) >= 11 is 0. The average Bonchev–Trinajstić information content (AvgIpc) is 2.49. The van der Waals surface area contributed by atoms with Crippen LogP contribution in [0.2, 0.25) is 0 Å². The first-order chi connectivity index (χ1) is 11.2. The zero-order chi connectivity index (χ0) is 19.6. The molecule has 1 unspecified atom stereocenters. The summed E-state index contributed by atoms with van der Waals surface area (Å²) in [6.45, 7) is 6.72. The maximum Gasteiger partial charge on any atom is 0.416 e. The predicted molar refractivity (Wildman–Crippen MR) is 85.3 cm³/mol. The minimum absolute atomic E-state index is 0.0581. The van der Waals surface area contributed by atoms with E-state index in [2.05, 4.69) is 11.3 Å². The van der Waals surface area contributed by atoms with E-state index in [1.54, 1.807) is 13.8 Å². The van der Waals surface area contributed by atoms with Gasteiger partial charge < -0.3 is 0 Å². The zero-order valence-corrected chi connectivity index (χ0v) is 14.7. The molecule has 0 amide bonds. The third-order valence-corrected chi connectivity index (χ3v) is 5.26. The minimum Gasteiger partial charge on any atom is -0.242 e. The molecule has 25 heavy (non-hydrogen) atoms. The first kappa shape index (κ1) is 21.7. The molecule has 0 aliphatic heterocycles. The average molecular weight is 387 g/mol. The number of allylic oxidation sites excluding steroid dienone is 1. The number of hydrogen-bond acceptors (Lipinski definition) is 1. The fourth-order valence-corrected chi connectivity index (χ4v) is 3.30. The first-order valence-corrected chi connectivity index (χ1v) is 8.38. The fourth-order valence-electron chi connectivity index (χ4n) is 2.41. The molecule has 0 heterocycles. The molecule has 0 bridgehead atoms. The van der Waals surface area contributed by atoms with Gasteiger partial charge in [0.2, 0.25) is 0 Å². The molecule has 1 aromatic rings. The molecular weight excluding hydrogens is 368 g/mol. The number of benzene rings is 1. The van der Waals surface area contributed by atoms with Crippen LogP contribution in [-0.2, 0) is 23.3 Å². The highest BCUT2D eigenvalue weighted by Crippen LogP contribution is 2.39. The summed E-state index contributed by atoms with van der Waals surface area (Å²) in [5, 5.41) is 0. The lowest BCUT2D eigenvalue weighted by Crippen LogP contribution is -2.35. The molecule has 2 atom stereocenters. The van der Waals surface area contributed by atoms with E-state index in [-0.39, 0.29) is 18.1 Å². The van der Waals surface area contributed by atoms with Crippen LogP contribution in [-0.4, -0.2) is 16.0 Å². The maximum atomic E-state index is 13.0. The smallest absolute Gasteiger partial charge is 0.242 e. The Labute approximate surface area is 144 Å². The van der Waals surface area contributed by atoms with Crippen molar-refractivity contribution in [1.29, 1.82) is 0 Å². The zero-order valence-electron chi connectivity index (χ0n) is 13.9. The summed E-state index contributed by atoms with van der Waals surface area (Å²) in [5.74, 6) is -0.823. The highest BCUT2D eigenvalue weighted by atomic mass is 32.2. The molecule has 0 aromatic heterocycles. The van der Waals surface area contributed by atoms with E-state index in [9.17, 15) is 30.6 Å². The first-order valence-electron chi connectivity index (χ1n) is 7.23. The van der Waals surface area contributed by atoms with Crippen molar-refractivity contribution >= 4 is 11.0 Å². The third kappa shape index (κ3) is 5.57. The number of nitrogens with one attached hydrogen (secondary N) is 1. The molecule has 0 aliphatic carbocycles. The van der Waals surface area contributed by atoms with Crippen molar-refractivity contribution in [3.63, 3.8) is 0 Å². The van der Waals surface area contributed by atoms with E-state index >= 15 is 0 Å². The Balaban J connectivity index is 3.42. The van der Waals surface area contributed by atoms with Gasteiger partial charge in [-0.3, -0.25) is 0 Å². The van der Waals surface area contributed by atoms with Gasteiger partial charge in [-0.05, 0) is 51.1 Å². The van der Waals surface area contributed by atoms with Gasteiger partial charge in [-0.25, -0.2) is 8.93 Å². The van der Waals surface area contributed by atoms with Gasteiger partial charge in [0.25, 0.3) is 0 Å². The van der Waals surface area contributed by atoms with Crippen LogP contribution in [0.1, 0.15) is 42.9 Å². The van der Waals surface area contributed by atoms with E-state index in [1.165, 1.54) is 13.1 Å². The molecule has 0 saturated carbocycles. The molecule has 0 fully saturated rings. The van der Waals surface area contributed by atoms with Crippen LogP contribution in [0.25, 0.3) is 0 Å². The minimum atomic E-state index is -4.91. The van der Waals surface area contributed by atoms with Crippen molar-refractivity contribution in [2.45, 2.75) is 43.3 Å². The molecule has 9 heteroatoms. The molecule has 0 aliphatic rings.